The summed E-state index contributed by atoms with van der Waals surface area (Å²) >= 11 is 11.4. The highest BCUT2D eigenvalue weighted by atomic mass is 35.5. The molecule has 2 rings (SSSR count). The lowest BCUT2D eigenvalue weighted by Crippen LogP contribution is -2.32. The lowest BCUT2D eigenvalue weighted by atomic mass is 10.2. The minimum Gasteiger partial charge on any atom is -0.362 e. The third-order valence-electron chi connectivity index (χ3n) is 3.43. The Morgan fingerprint density at radius 3 is 2.95 bits per heavy atom. The van der Waals surface area contributed by atoms with Crippen molar-refractivity contribution in [1.82, 2.24) is 10.2 Å². The molecule has 0 radical (unpaired) electrons. The molecule has 0 aliphatic carbocycles. The van der Waals surface area contributed by atoms with E-state index < -0.39 is 0 Å². The second-order valence-electron chi connectivity index (χ2n) is 5.20. The first kappa shape index (κ1) is 16.0. The van der Waals surface area contributed by atoms with Crippen LogP contribution in [0, 0.1) is 6.92 Å². The van der Waals surface area contributed by atoms with Crippen molar-refractivity contribution >= 4 is 40.5 Å². The third kappa shape index (κ3) is 4.86. The van der Waals surface area contributed by atoms with Crippen molar-refractivity contribution in [2.24, 2.45) is 0 Å². The number of hydrogen-bond donors (Lipinski definition) is 2. The van der Waals surface area contributed by atoms with Crippen LogP contribution in [-0.2, 0) is 4.79 Å². The van der Waals surface area contributed by atoms with Crippen LogP contribution in [-0.4, -0.2) is 35.6 Å². The summed E-state index contributed by atoms with van der Waals surface area (Å²) in [7, 11) is 0. The van der Waals surface area contributed by atoms with Gasteiger partial charge >= 0.3 is 0 Å². The minimum atomic E-state index is 0.266. The van der Waals surface area contributed by atoms with Gasteiger partial charge in [0.2, 0.25) is 5.91 Å². The van der Waals surface area contributed by atoms with Crippen molar-refractivity contribution < 1.29 is 4.79 Å². The first-order chi connectivity index (χ1) is 10.1. The zero-order chi connectivity index (χ0) is 15.2. The van der Waals surface area contributed by atoms with E-state index in [4.69, 9.17) is 23.8 Å². The molecule has 0 saturated carbocycles. The number of halogens is 1. The van der Waals surface area contributed by atoms with Crippen LogP contribution < -0.4 is 10.6 Å². The number of rotatable bonds is 5. The summed E-state index contributed by atoms with van der Waals surface area (Å²) in [5.41, 5.74) is 1.91. The van der Waals surface area contributed by atoms with Crippen LogP contribution in [0.3, 0.4) is 0 Å². The van der Waals surface area contributed by atoms with E-state index in [0.717, 1.165) is 43.7 Å². The second-order valence-corrected chi connectivity index (χ2v) is 6.02. The molecule has 0 unspecified atom stereocenters. The number of carbonyl (C=O) groups is 1. The van der Waals surface area contributed by atoms with Gasteiger partial charge in [0.15, 0.2) is 5.11 Å². The molecule has 21 heavy (non-hydrogen) atoms. The number of aryl methyl sites for hydroxylation is 1. The van der Waals surface area contributed by atoms with Crippen LogP contribution in [0.25, 0.3) is 0 Å². The number of benzene rings is 1. The first-order valence-corrected chi connectivity index (χ1v) is 7.93. The van der Waals surface area contributed by atoms with E-state index in [-0.39, 0.29) is 5.91 Å². The normalized spacial score (nSPS) is 14.4. The monoisotopic (exact) mass is 325 g/mol. The highest BCUT2D eigenvalue weighted by Gasteiger charge is 2.18. The Labute approximate surface area is 135 Å². The van der Waals surface area contributed by atoms with Gasteiger partial charge in [-0.3, -0.25) is 4.79 Å². The molecule has 1 heterocycles. The van der Waals surface area contributed by atoms with E-state index in [1.807, 2.05) is 30.0 Å². The Morgan fingerprint density at radius 2 is 2.29 bits per heavy atom. The lowest BCUT2D eigenvalue weighted by Gasteiger charge is -2.16. The quantitative estimate of drug-likeness (QED) is 0.645. The number of likely N-dealkylation sites (tertiary alicyclic amines) is 1. The Morgan fingerprint density at radius 1 is 1.48 bits per heavy atom. The van der Waals surface area contributed by atoms with Crippen molar-refractivity contribution in [1.29, 1.82) is 0 Å². The van der Waals surface area contributed by atoms with Gasteiger partial charge in [0.25, 0.3) is 0 Å². The first-order valence-electron chi connectivity index (χ1n) is 7.15. The zero-order valence-corrected chi connectivity index (χ0v) is 13.7. The van der Waals surface area contributed by atoms with Crippen LogP contribution in [0.2, 0.25) is 5.02 Å². The van der Waals surface area contributed by atoms with Crippen LogP contribution in [0.15, 0.2) is 18.2 Å². The van der Waals surface area contributed by atoms with Gasteiger partial charge in [0.05, 0.1) is 10.7 Å². The lowest BCUT2D eigenvalue weighted by molar-refractivity contribution is -0.127. The van der Waals surface area contributed by atoms with E-state index in [0.29, 0.717) is 16.6 Å². The van der Waals surface area contributed by atoms with E-state index >= 15 is 0 Å². The minimum absolute atomic E-state index is 0.266. The molecule has 1 saturated heterocycles. The molecular formula is C15H20ClN3OS. The predicted octanol–water partition coefficient (Wildman–Crippen LogP) is 2.95. The van der Waals surface area contributed by atoms with E-state index in [1.54, 1.807) is 0 Å². The maximum absolute atomic E-state index is 11.5. The van der Waals surface area contributed by atoms with Crippen molar-refractivity contribution in [2.75, 3.05) is 25.0 Å². The van der Waals surface area contributed by atoms with E-state index in [9.17, 15) is 4.79 Å². The summed E-state index contributed by atoms with van der Waals surface area (Å²) in [6.07, 6.45) is 2.56. The maximum Gasteiger partial charge on any atom is 0.222 e. The van der Waals surface area contributed by atoms with Crippen molar-refractivity contribution in [3.8, 4) is 0 Å². The van der Waals surface area contributed by atoms with Gasteiger partial charge in [-0.15, -0.1) is 0 Å². The number of thiocarbonyl (C=S) groups is 1. The Kier molecular flexibility index (Phi) is 5.82. The number of nitrogens with one attached hydrogen (secondary N) is 2. The molecule has 1 aromatic rings. The fourth-order valence-corrected chi connectivity index (χ4v) is 2.79. The van der Waals surface area contributed by atoms with Crippen LogP contribution in [0.1, 0.15) is 24.8 Å². The number of nitrogens with zero attached hydrogens (tertiary/aromatic N) is 1. The van der Waals surface area contributed by atoms with Gasteiger partial charge in [-0.25, -0.2) is 0 Å². The van der Waals surface area contributed by atoms with Gasteiger partial charge < -0.3 is 15.5 Å². The molecule has 0 atom stereocenters. The second kappa shape index (κ2) is 7.61. The molecular weight excluding hydrogens is 306 g/mol. The molecule has 114 valence electrons. The highest BCUT2D eigenvalue weighted by Crippen LogP contribution is 2.22. The number of carbonyl (C=O) groups excluding carboxylic acids is 1. The fourth-order valence-electron chi connectivity index (χ4n) is 2.30. The predicted molar refractivity (Wildman–Crippen MR) is 90.8 cm³/mol. The van der Waals surface area contributed by atoms with Crippen LogP contribution in [0.5, 0.6) is 0 Å². The summed E-state index contributed by atoms with van der Waals surface area (Å²) in [6.45, 7) is 4.41. The molecule has 0 aromatic heterocycles. The summed E-state index contributed by atoms with van der Waals surface area (Å²) in [5.74, 6) is 0.266. The molecule has 2 N–H and O–H groups in total. The molecule has 1 fully saturated rings. The summed E-state index contributed by atoms with van der Waals surface area (Å²) in [5, 5.41) is 7.42. The molecule has 1 aliphatic heterocycles. The fraction of sp³-hybridized carbons (Fsp3) is 0.467. The Bertz CT molecular complexity index is 536. The van der Waals surface area contributed by atoms with Gasteiger partial charge in [-0.05, 0) is 49.7 Å². The van der Waals surface area contributed by atoms with Crippen LogP contribution >= 0.6 is 23.8 Å². The maximum atomic E-state index is 11.5. The molecule has 6 heteroatoms. The summed E-state index contributed by atoms with van der Waals surface area (Å²) in [6, 6.07) is 5.79. The van der Waals surface area contributed by atoms with Crippen molar-refractivity contribution in [3.63, 3.8) is 0 Å². The summed E-state index contributed by atoms with van der Waals surface area (Å²) in [4.78, 5) is 13.4. The Balaban J connectivity index is 1.68. The average Bonchev–Trinajstić information content (AvgIpc) is 2.84. The van der Waals surface area contributed by atoms with Crippen molar-refractivity contribution in [2.45, 2.75) is 26.2 Å². The number of anilines is 1. The molecule has 1 aromatic carbocycles. The largest absolute Gasteiger partial charge is 0.362 e. The molecule has 0 bridgehead atoms. The van der Waals surface area contributed by atoms with Gasteiger partial charge in [-0.2, -0.15) is 0 Å². The van der Waals surface area contributed by atoms with E-state index in [1.165, 1.54) is 0 Å². The molecule has 1 amide bonds. The van der Waals surface area contributed by atoms with Crippen LogP contribution in [0.4, 0.5) is 5.69 Å². The molecule has 4 nitrogen and oxygen atoms in total. The topological polar surface area (TPSA) is 44.4 Å². The number of amides is 1. The molecule has 1 aliphatic rings. The van der Waals surface area contributed by atoms with Gasteiger partial charge in [0.1, 0.15) is 0 Å². The number of hydrogen-bond acceptors (Lipinski definition) is 2. The Hall–Kier alpha value is -1.33. The standard InChI is InChI=1S/C15H20ClN3OS/c1-11-5-6-13(12(16)10-11)18-15(21)17-7-3-9-19-8-2-4-14(19)20/h5-6,10H,2-4,7-9H2,1H3,(H2,17,18,21). The molecule has 0 spiro atoms. The SMILES string of the molecule is Cc1ccc(NC(=S)NCCCN2CCCC2=O)c(Cl)c1. The van der Waals surface area contributed by atoms with E-state index in [2.05, 4.69) is 10.6 Å². The smallest absolute Gasteiger partial charge is 0.222 e. The van der Waals surface area contributed by atoms with Gasteiger partial charge in [-0.1, -0.05) is 17.7 Å². The zero-order valence-electron chi connectivity index (χ0n) is 12.1. The van der Waals surface area contributed by atoms with Crippen molar-refractivity contribution in [3.05, 3.63) is 28.8 Å². The average molecular weight is 326 g/mol. The summed E-state index contributed by atoms with van der Waals surface area (Å²) < 4.78 is 0. The third-order valence-corrected chi connectivity index (χ3v) is 3.99. The van der Waals surface area contributed by atoms with Gasteiger partial charge in [0, 0.05) is 26.1 Å². The highest BCUT2D eigenvalue weighted by molar-refractivity contribution is 7.80.